The number of hydrogen-bond donors (Lipinski definition) is 1. The Balaban J connectivity index is 0.664. The molecule has 388 valence electrons. The molecule has 10 rings (SSSR count). The molecule has 14 nitrogen and oxygen atoms in total. The minimum Gasteiger partial charge on any atom is -0.375 e. The van der Waals surface area contributed by atoms with Gasteiger partial charge in [-0.2, -0.15) is 5.10 Å². The predicted molar refractivity (Wildman–Crippen MR) is 271 cm³/mol. The summed E-state index contributed by atoms with van der Waals surface area (Å²) in [5.74, 6) is -1.94. The summed E-state index contributed by atoms with van der Waals surface area (Å²) < 4.78 is 37.2. The molecule has 0 spiro atoms. The van der Waals surface area contributed by atoms with Crippen molar-refractivity contribution in [3.05, 3.63) is 111 Å². The first-order valence-electron chi connectivity index (χ1n) is 27.1. The van der Waals surface area contributed by atoms with Crippen LogP contribution in [0.4, 0.5) is 8.78 Å². The summed E-state index contributed by atoms with van der Waals surface area (Å²) in [6.45, 7) is 5.43. The number of hydrogen-bond acceptors (Lipinski definition) is 9. The molecule has 6 fully saturated rings. The van der Waals surface area contributed by atoms with Crippen LogP contribution in [0.25, 0.3) is 10.8 Å². The normalized spacial score (nSPS) is 21.4. The highest BCUT2D eigenvalue weighted by atomic mass is 19.1. The van der Waals surface area contributed by atoms with Gasteiger partial charge >= 0.3 is 0 Å². The summed E-state index contributed by atoms with van der Waals surface area (Å²) in [7, 11) is 0. The van der Waals surface area contributed by atoms with E-state index in [0.717, 1.165) is 82.7 Å². The first kappa shape index (κ1) is 50.7. The lowest BCUT2D eigenvalue weighted by Crippen LogP contribution is -2.53. The van der Waals surface area contributed by atoms with Crippen LogP contribution in [0.5, 0.6) is 0 Å². The van der Waals surface area contributed by atoms with Crippen molar-refractivity contribution in [3.63, 3.8) is 0 Å². The Kier molecular flexibility index (Phi) is 15.8. The Morgan fingerprint density at radius 2 is 1.33 bits per heavy atom. The molecule has 2 aliphatic carbocycles. The molecule has 0 bridgehead atoms. The number of ether oxygens (including phenoxy) is 1. The number of piperidine rings is 3. The van der Waals surface area contributed by atoms with Crippen molar-refractivity contribution in [1.29, 1.82) is 0 Å². The van der Waals surface area contributed by atoms with Crippen LogP contribution < -0.4 is 5.56 Å². The van der Waals surface area contributed by atoms with Crippen LogP contribution in [-0.2, 0) is 25.5 Å². The van der Waals surface area contributed by atoms with Gasteiger partial charge in [-0.1, -0.05) is 49.6 Å². The molecule has 1 unspecified atom stereocenters. The van der Waals surface area contributed by atoms with Gasteiger partial charge in [-0.15, -0.1) is 0 Å². The summed E-state index contributed by atoms with van der Waals surface area (Å²) >= 11 is 0. The third-order valence-electron chi connectivity index (χ3n) is 16.7. The molecule has 73 heavy (non-hydrogen) atoms. The maximum absolute atomic E-state index is 15.5. The molecule has 5 heterocycles. The highest BCUT2D eigenvalue weighted by Crippen LogP contribution is 2.37. The Morgan fingerprint density at radius 1 is 0.658 bits per heavy atom. The van der Waals surface area contributed by atoms with Crippen molar-refractivity contribution in [1.82, 2.24) is 34.7 Å². The Morgan fingerprint density at radius 3 is 2.05 bits per heavy atom. The van der Waals surface area contributed by atoms with Gasteiger partial charge in [0.1, 0.15) is 11.6 Å². The van der Waals surface area contributed by atoms with Crippen LogP contribution in [0.1, 0.15) is 133 Å². The number of aromatic amines is 1. The quantitative estimate of drug-likeness (QED) is 0.130. The second kappa shape index (κ2) is 22.7. The number of Topliss-reactive ketones (excluding diaryl/α,β-unsaturated/α-hetero) is 1. The highest BCUT2D eigenvalue weighted by Gasteiger charge is 2.39. The molecule has 4 amide bonds. The molecular formula is C57H69F2N7O7. The Hall–Kier alpha value is -5.87. The Bertz CT molecular complexity index is 2730. The summed E-state index contributed by atoms with van der Waals surface area (Å²) in [6, 6.07) is 16.4. The average molecular weight is 1000 g/mol. The lowest BCUT2D eigenvalue weighted by molar-refractivity contribution is -0.142. The first-order chi connectivity index (χ1) is 35.4. The standard InChI is InChI=1S/C57H69F2N7O7/c58-49-17-15-40(41-9-6-22-66(35-41)55(70)39-13-14-39)33-47(49)52(67)34-46(38-7-2-1-3-8-38)56(71)64-25-20-43(21-26-64)73-42-18-23-62(24-19-42)36-53(68)63-27-29-65(30-28-63)57(72)48-31-37(12-16-50(48)59)32-51-44-10-4-5-11-45(44)54(69)61-60-51/h4-5,10-12,15-17,31,33,38-39,41-43,46H,1-3,6-9,13-14,18-30,32,34-36H2,(H,61,69)/t41?,46-/m1/s1. The van der Waals surface area contributed by atoms with Crippen LogP contribution in [-0.4, -0.2) is 148 Å². The highest BCUT2D eigenvalue weighted by molar-refractivity contribution is 5.99. The van der Waals surface area contributed by atoms with Crippen LogP contribution in [0.3, 0.4) is 0 Å². The smallest absolute Gasteiger partial charge is 0.272 e. The molecule has 4 saturated heterocycles. The number of nitrogens with one attached hydrogen (secondary N) is 1. The van der Waals surface area contributed by atoms with Gasteiger partial charge in [0.2, 0.25) is 17.7 Å². The van der Waals surface area contributed by atoms with E-state index in [1.54, 1.807) is 46.2 Å². The van der Waals surface area contributed by atoms with Gasteiger partial charge in [0.25, 0.3) is 11.5 Å². The second-order valence-electron chi connectivity index (χ2n) is 21.6. The molecular weight excluding hydrogens is 933 g/mol. The molecule has 16 heteroatoms. The average Bonchev–Trinajstić information content (AvgIpc) is 4.28. The van der Waals surface area contributed by atoms with Gasteiger partial charge in [0.05, 0.1) is 41.0 Å². The van der Waals surface area contributed by atoms with Gasteiger partial charge in [-0.05, 0) is 112 Å². The zero-order chi connectivity index (χ0) is 50.6. The van der Waals surface area contributed by atoms with E-state index >= 15 is 8.78 Å². The van der Waals surface area contributed by atoms with Crippen LogP contribution in [0.2, 0.25) is 0 Å². The van der Waals surface area contributed by atoms with E-state index in [1.165, 1.54) is 12.1 Å². The molecule has 1 aromatic heterocycles. The maximum Gasteiger partial charge on any atom is 0.272 e. The molecule has 2 saturated carbocycles. The van der Waals surface area contributed by atoms with Crippen molar-refractivity contribution >= 4 is 40.2 Å². The van der Waals surface area contributed by atoms with Crippen molar-refractivity contribution in [2.24, 2.45) is 17.8 Å². The number of rotatable bonds is 14. The predicted octanol–water partition coefficient (Wildman–Crippen LogP) is 7.13. The molecule has 6 aliphatic rings. The number of piperazine rings is 1. The van der Waals surface area contributed by atoms with Crippen molar-refractivity contribution in [3.8, 4) is 0 Å². The second-order valence-corrected chi connectivity index (χ2v) is 21.6. The monoisotopic (exact) mass is 1000 g/mol. The number of carbonyl (C=O) groups excluding carboxylic acids is 5. The van der Waals surface area contributed by atoms with E-state index in [4.69, 9.17) is 4.74 Å². The number of ketones is 1. The topological polar surface area (TPSA) is 157 Å². The molecule has 0 radical (unpaired) electrons. The van der Waals surface area contributed by atoms with E-state index in [2.05, 4.69) is 15.1 Å². The van der Waals surface area contributed by atoms with E-state index in [-0.39, 0.29) is 83.1 Å². The summed E-state index contributed by atoms with van der Waals surface area (Å²) in [5.41, 5.74) is 1.91. The largest absolute Gasteiger partial charge is 0.375 e. The van der Waals surface area contributed by atoms with Gasteiger partial charge < -0.3 is 24.3 Å². The number of nitrogens with zero attached hydrogens (tertiary/aromatic N) is 6. The van der Waals surface area contributed by atoms with E-state index in [0.29, 0.717) is 100 Å². The van der Waals surface area contributed by atoms with Crippen molar-refractivity contribution in [2.45, 2.75) is 114 Å². The number of carbonyl (C=O) groups is 5. The lowest BCUT2D eigenvalue weighted by Gasteiger charge is -2.39. The molecule has 4 aliphatic heterocycles. The van der Waals surface area contributed by atoms with Crippen molar-refractivity contribution < 1.29 is 37.5 Å². The van der Waals surface area contributed by atoms with Crippen LogP contribution >= 0.6 is 0 Å². The molecule has 4 aromatic rings. The number of amides is 4. The van der Waals surface area contributed by atoms with Gasteiger partial charge in [-0.3, -0.25) is 33.7 Å². The van der Waals surface area contributed by atoms with E-state index in [9.17, 15) is 28.8 Å². The fraction of sp³-hybridized carbons (Fsp3) is 0.561. The number of benzene rings is 3. The van der Waals surface area contributed by atoms with E-state index in [1.807, 2.05) is 21.9 Å². The molecule has 2 atom stereocenters. The maximum atomic E-state index is 15.5. The van der Waals surface area contributed by atoms with E-state index < -0.39 is 23.5 Å². The summed E-state index contributed by atoms with van der Waals surface area (Å²) in [6.07, 6.45) is 11.9. The molecule has 3 aromatic carbocycles. The van der Waals surface area contributed by atoms with Crippen molar-refractivity contribution in [2.75, 3.05) is 72.0 Å². The first-order valence-corrected chi connectivity index (χ1v) is 27.1. The third kappa shape index (κ3) is 11.9. The van der Waals surface area contributed by atoms with Crippen LogP contribution in [0.15, 0.2) is 65.5 Å². The minimum absolute atomic E-state index is 0.00200. The number of likely N-dealkylation sites (tertiary alicyclic amines) is 3. The van der Waals surface area contributed by atoms with Crippen LogP contribution in [0, 0.1) is 29.4 Å². The molecule has 1 N–H and O–H groups in total. The fourth-order valence-corrected chi connectivity index (χ4v) is 12.2. The SMILES string of the molecule is O=C(C[C@@H](C(=O)N1CCC(OC2CCN(CC(=O)N3CCN(C(=O)c4cc(Cc5n[nH]c(=O)c6ccccc56)ccc4F)CC3)CC2)CC1)C1CCCCC1)c1cc(C2CCCN(C(=O)C3CC3)C2)ccc1F. The van der Waals surface area contributed by atoms with Gasteiger partial charge in [0.15, 0.2) is 5.78 Å². The minimum atomic E-state index is -0.618. The zero-order valence-corrected chi connectivity index (χ0v) is 41.9. The number of halogens is 2. The fourth-order valence-electron chi connectivity index (χ4n) is 12.2. The third-order valence-corrected chi connectivity index (χ3v) is 16.7. The number of aromatic nitrogens is 2. The zero-order valence-electron chi connectivity index (χ0n) is 41.9. The Labute approximate surface area is 425 Å². The number of fused-ring (bicyclic) bond motifs is 1. The summed E-state index contributed by atoms with van der Waals surface area (Å²) in [5, 5.41) is 7.96. The number of H-pyrrole nitrogens is 1. The van der Waals surface area contributed by atoms with Gasteiger partial charge in [-0.25, -0.2) is 13.9 Å². The van der Waals surface area contributed by atoms with Gasteiger partial charge in [0, 0.05) is 101 Å². The lowest BCUT2D eigenvalue weighted by atomic mass is 9.76. The summed E-state index contributed by atoms with van der Waals surface area (Å²) in [4.78, 5) is 90.1.